The molecular weight excluding hydrogens is 380 g/mol. The SMILES string of the molecule is CCN1CCOC(C(=O)OC(C)C(=O)N(Cc2ccccc2)Cc2ccccc2)C1. The molecule has 1 fully saturated rings. The zero-order valence-corrected chi connectivity index (χ0v) is 17.7. The van der Waals surface area contributed by atoms with E-state index in [9.17, 15) is 9.59 Å². The van der Waals surface area contributed by atoms with Gasteiger partial charge < -0.3 is 14.4 Å². The molecule has 0 aromatic heterocycles. The Bertz CT molecular complexity index is 771. The third-order valence-corrected chi connectivity index (χ3v) is 5.25. The number of rotatable bonds is 8. The van der Waals surface area contributed by atoms with E-state index >= 15 is 0 Å². The Kier molecular flexibility index (Phi) is 7.99. The van der Waals surface area contributed by atoms with Crippen molar-refractivity contribution in [2.45, 2.75) is 39.1 Å². The normalized spacial score (nSPS) is 17.9. The fraction of sp³-hybridized carbons (Fsp3) is 0.417. The van der Waals surface area contributed by atoms with Crippen molar-refractivity contribution in [1.29, 1.82) is 0 Å². The zero-order valence-electron chi connectivity index (χ0n) is 17.7. The number of esters is 1. The Morgan fingerprint density at radius 1 is 1.07 bits per heavy atom. The molecule has 1 aliphatic rings. The average molecular weight is 411 g/mol. The maximum Gasteiger partial charge on any atom is 0.337 e. The van der Waals surface area contributed by atoms with Gasteiger partial charge in [0.25, 0.3) is 5.91 Å². The van der Waals surface area contributed by atoms with Crippen LogP contribution in [0.1, 0.15) is 25.0 Å². The lowest BCUT2D eigenvalue weighted by atomic mass is 10.1. The topological polar surface area (TPSA) is 59.1 Å². The number of benzene rings is 2. The Morgan fingerprint density at radius 2 is 1.63 bits per heavy atom. The Labute approximate surface area is 178 Å². The molecule has 30 heavy (non-hydrogen) atoms. The van der Waals surface area contributed by atoms with E-state index in [1.807, 2.05) is 67.6 Å². The number of hydrogen-bond acceptors (Lipinski definition) is 5. The first-order chi connectivity index (χ1) is 14.6. The van der Waals surface area contributed by atoms with E-state index in [-0.39, 0.29) is 5.91 Å². The van der Waals surface area contributed by atoms with Crippen LogP contribution in [0.25, 0.3) is 0 Å². The summed E-state index contributed by atoms with van der Waals surface area (Å²) in [6, 6.07) is 19.6. The van der Waals surface area contributed by atoms with Gasteiger partial charge in [-0.15, -0.1) is 0 Å². The smallest absolute Gasteiger partial charge is 0.337 e. The van der Waals surface area contributed by atoms with Crippen LogP contribution in [0.3, 0.4) is 0 Å². The van der Waals surface area contributed by atoms with E-state index in [1.165, 1.54) is 0 Å². The van der Waals surface area contributed by atoms with E-state index in [0.29, 0.717) is 26.2 Å². The van der Waals surface area contributed by atoms with Crippen LogP contribution in [0.15, 0.2) is 60.7 Å². The zero-order chi connectivity index (χ0) is 21.3. The lowest BCUT2D eigenvalue weighted by Crippen LogP contribution is -2.48. The summed E-state index contributed by atoms with van der Waals surface area (Å²) >= 11 is 0. The third kappa shape index (κ3) is 6.15. The number of amides is 1. The molecule has 2 atom stereocenters. The summed E-state index contributed by atoms with van der Waals surface area (Å²) < 4.78 is 11.1. The molecule has 2 aromatic carbocycles. The van der Waals surface area contributed by atoms with Crippen molar-refractivity contribution in [2.75, 3.05) is 26.2 Å². The van der Waals surface area contributed by atoms with E-state index < -0.39 is 18.2 Å². The van der Waals surface area contributed by atoms with Gasteiger partial charge in [0.2, 0.25) is 0 Å². The summed E-state index contributed by atoms with van der Waals surface area (Å²) in [5.74, 6) is -0.701. The van der Waals surface area contributed by atoms with Crippen LogP contribution in [-0.4, -0.2) is 60.1 Å². The molecule has 0 spiro atoms. The average Bonchev–Trinajstić information content (AvgIpc) is 2.79. The second-order valence-corrected chi connectivity index (χ2v) is 7.50. The number of nitrogens with zero attached hydrogens (tertiary/aromatic N) is 2. The molecule has 3 rings (SSSR count). The highest BCUT2D eigenvalue weighted by Gasteiger charge is 2.31. The van der Waals surface area contributed by atoms with Crippen LogP contribution in [0, 0.1) is 0 Å². The highest BCUT2D eigenvalue weighted by atomic mass is 16.6. The van der Waals surface area contributed by atoms with Crippen LogP contribution in [0.2, 0.25) is 0 Å². The van der Waals surface area contributed by atoms with Crippen LogP contribution < -0.4 is 0 Å². The van der Waals surface area contributed by atoms with Gasteiger partial charge in [0.05, 0.1) is 6.61 Å². The summed E-state index contributed by atoms with van der Waals surface area (Å²) in [5.41, 5.74) is 2.05. The van der Waals surface area contributed by atoms with Crippen molar-refractivity contribution in [3.63, 3.8) is 0 Å². The van der Waals surface area contributed by atoms with Gasteiger partial charge >= 0.3 is 5.97 Å². The molecule has 160 valence electrons. The monoisotopic (exact) mass is 410 g/mol. The van der Waals surface area contributed by atoms with Gasteiger partial charge in [0.15, 0.2) is 12.2 Å². The first-order valence-electron chi connectivity index (χ1n) is 10.5. The predicted molar refractivity (Wildman–Crippen MR) is 115 cm³/mol. The molecule has 2 unspecified atom stereocenters. The molecule has 6 heteroatoms. The summed E-state index contributed by atoms with van der Waals surface area (Å²) in [7, 11) is 0. The summed E-state index contributed by atoms with van der Waals surface area (Å²) in [5, 5.41) is 0. The van der Waals surface area contributed by atoms with E-state index in [4.69, 9.17) is 9.47 Å². The maximum absolute atomic E-state index is 13.2. The van der Waals surface area contributed by atoms with E-state index in [1.54, 1.807) is 11.8 Å². The minimum Gasteiger partial charge on any atom is -0.451 e. The third-order valence-electron chi connectivity index (χ3n) is 5.25. The Balaban J connectivity index is 1.67. The van der Waals surface area contributed by atoms with Crippen molar-refractivity contribution in [3.05, 3.63) is 71.8 Å². The number of hydrogen-bond donors (Lipinski definition) is 0. The fourth-order valence-corrected chi connectivity index (χ4v) is 3.51. The van der Waals surface area contributed by atoms with Gasteiger partial charge in [-0.05, 0) is 24.6 Å². The molecule has 6 nitrogen and oxygen atoms in total. The second-order valence-electron chi connectivity index (χ2n) is 7.50. The number of carbonyl (C=O) groups excluding carboxylic acids is 2. The standard InChI is InChI=1S/C24H30N2O4/c1-3-25-14-15-29-22(18-25)24(28)30-19(2)23(27)26(16-20-10-6-4-7-11-20)17-21-12-8-5-9-13-21/h4-13,19,22H,3,14-18H2,1-2H3. The lowest BCUT2D eigenvalue weighted by molar-refractivity contribution is -0.173. The van der Waals surface area contributed by atoms with Crippen molar-refractivity contribution in [2.24, 2.45) is 0 Å². The van der Waals surface area contributed by atoms with Crippen molar-refractivity contribution < 1.29 is 19.1 Å². The van der Waals surface area contributed by atoms with Crippen molar-refractivity contribution >= 4 is 11.9 Å². The van der Waals surface area contributed by atoms with E-state index in [2.05, 4.69) is 4.90 Å². The first-order valence-corrected chi connectivity index (χ1v) is 10.5. The molecule has 0 aliphatic carbocycles. The highest BCUT2D eigenvalue weighted by Crippen LogP contribution is 2.14. The Morgan fingerprint density at radius 3 is 2.17 bits per heavy atom. The molecule has 1 saturated heterocycles. The maximum atomic E-state index is 13.2. The number of ether oxygens (including phenoxy) is 2. The Hall–Kier alpha value is -2.70. The van der Waals surface area contributed by atoms with Crippen LogP contribution in [-0.2, 0) is 32.2 Å². The quantitative estimate of drug-likeness (QED) is 0.627. The molecule has 0 N–H and O–H groups in total. The van der Waals surface area contributed by atoms with Crippen molar-refractivity contribution in [1.82, 2.24) is 9.80 Å². The van der Waals surface area contributed by atoms with Crippen LogP contribution >= 0.6 is 0 Å². The van der Waals surface area contributed by atoms with E-state index in [0.717, 1.165) is 24.2 Å². The van der Waals surface area contributed by atoms with Gasteiger partial charge in [-0.25, -0.2) is 4.79 Å². The molecule has 0 radical (unpaired) electrons. The second kappa shape index (κ2) is 10.9. The van der Waals surface area contributed by atoms with Gasteiger partial charge in [-0.3, -0.25) is 9.69 Å². The minimum atomic E-state index is -0.884. The molecule has 1 amide bonds. The van der Waals surface area contributed by atoms with Gasteiger partial charge in [0, 0.05) is 26.2 Å². The molecule has 2 aromatic rings. The summed E-state index contributed by atoms with van der Waals surface area (Å²) in [4.78, 5) is 29.6. The van der Waals surface area contributed by atoms with Crippen LogP contribution in [0.4, 0.5) is 0 Å². The molecule has 1 heterocycles. The van der Waals surface area contributed by atoms with Gasteiger partial charge in [0.1, 0.15) is 0 Å². The first kappa shape index (κ1) is 22.0. The molecule has 0 saturated carbocycles. The van der Waals surface area contributed by atoms with Crippen LogP contribution in [0.5, 0.6) is 0 Å². The highest BCUT2D eigenvalue weighted by molar-refractivity contribution is 5.84. The summed E-state index contributed by atoms with van der Waals surface area (Å²) in [6.45, 7) is 7.20. The predicted octanol–water partition coefficient (Wildman–Crippen LogP) is 2.87. The molecule has 0 bridgehead atoms. The molecule has 1 aliphatic heterocycles. The number of carbonyl (C=O) groups is 2. The molecular formula is C24H30N2O4. The van der Waals surface area contributed by atoms with Crippen molar-refractivity contribution in [3.8, 4) is 0 Å². The van der Waals surface area contributed by atoms with Gasteiger partial charge in [-0.2, -0.15) is 0 Å². The van der Waals surface area contributed by atoms with Gasteiger partial charge in [-0.1, -0.05) is 67.6 Å². The summed E-state index contributed by atoms with van der Waals surface area (Å²) in [6.07, 6.45) is -1.53. The number of morpholine rings is 1. The number of likely N-dealkylation sites (N-methyl/N-ethyl adjacent to an activating group) is 1. The lowest BCUT2D eigenvalue weighted by Gasteiger charge is -2.32. The largest absolute Gasteiger partial charge is 0.451 e. The minimum absolute atomic E-state index is 0.223. The fourth-order valence-electron chi connectivity index (χ4n) is 3.51.